The molecule has 20 heavy (non-hydrogen) atoms. The molecule has 2 rings (SSSR count). The number of rotatable bonds is 5. The van der Waals surface area contributed by atoms with E-state index in [0.29, 0.717) is 17.0 Å². The van der Waals surface area contributed by atoms with Crippen LogP contribution in [0.15, 0.2) is 22.7 Å². The second-order valence-electron chi connectivity index (χ2n) is 5.89. The largest absolute Gasteiger partial charge is 0.303 e. The predicted octanol–water partition coefficient (Wildman–Crippen LogP) is 4.65. The fourth-order valence-electron chi connectivity index (χ4n) is 2.72. The lowest BCUT2D eigenvalue weighted by Crippen LogP contribution is -2.25. The number of carbonyl (C=O) groups is 1. The number of ketones is 1. The summed E-state index contributed by atoms with van der Waals surface area (Å²) in [5, 5.41) is 0.533. The van der Waals surface area contributed by atoms with Crippen LogP contribution in [0.25, 0.3) is 0 Å². The van der Waals surface area contributed by atoms with Gasteiger partial charge in [-0.1, -0.05) is 41.4 Å². The van der Waals surface area contributed by atoms with Crippen LogP contribution in [0.1, 0.15) is 37.0 Å². The van der Waals surface area contributed by atoms with Gasteiger partial charge in [0, 0.05) is 29.5 Å². The lowest BCUT2D eigenvalue weighted by molar-refractivity contribution is 0.0968. The Labute approximate surface area is 134 Å². The smallest absolute Gasteiger partial charge is 0.165 e. The maximum Gasteiger partial charge on any atom is 0.165 e. The maximum atomic E-state index is 12.2. The Morgan fingerprint density at radius 2 is 2.25 bits per heavy atom. The maximum absolute atomic E-state index is 12.2. The van der Waals surface area contributed by atoms with Crippen molar-refractivity contribution in [2.45, 2.75) is 26.7 Å². The first kappa shape index (κ1) is 16.0. The number of halogens is 2. The highest BCUT2D eigenvalue weighted by Crippen LogP contribution is 2.25. The zero-order valence-electron chi connectivity index (χ0n) is 12.0. The molecule has 2 nitrogen and oxygen atoms in total. The summed E-state index contributed by atoms with van der Waals surface area (Å²) in [5.74, 6) is 1.65. The van der Waals surface area contributed by atoms with Gasteiger partial charge < -0.3 is 4.90 Å². The molecule has 1 aliphatic rings. The fraction of sp³-hybridized carbons (Fsp3) is 0.562. The molecule has 1 aromatic rings. The van der Waals surface area contributed by atoms with E-state index in [4.69, 9.17) is 11.6 Å². The molecule has 1 heterocycles. The van der Waals surface area contributed by atoms with E-state index < -0.39 is 0 Å². The van der Waals surface area contributed by atoms with Gasteiger partial charge in [0.05, 0.1) is 5.02 Å². The second kappa shape index (κ2) is 7.06. The van der Waals surface area contributed by atoms with E-state index in [9.17, 15) is 4.79 Å². The first-order valence-corrected chi connectivity index (χ1v) is 8.35. The summed E-state index contributed by atoms with van der Waals surface area (Å²) in [6, 6.07) is 5.44. The number of Topliss-reactive ketones (excluding diaryl/α,β-unsaturated/α-hetero) is 1. The number of hydrogen-bond donors (Lipinski definition) is 0. The van der Waals surface area contributed by atoms with E-state index in [0.717, 1.165) is 35.9 Å². The molecule has 0 aromatic heterocycles. The number of likely N-dealkylation sites (tertiary alicyclic amines) is 1. The van der Waals surface area contributed by atoms with Gasteiger partial charge in [0.25, 0.3) is 0 Å². The van der Waals surface area contributed by atoms with Gasteiger partial charge >= 0.3 is 0 Å². The normalized spacial score (nSPS) is 19.8. The minimum Gasteiger partial charge on any atom is -0.303 e. The van der Waals surface area contributed by atoms with Crippen LogP contribution < -0.4 is 0 Å². The molecule has 0 spiro atoms. The van der Waals surface area contributed by atoms with Gasteiger partial charge in [-0.25, -0.2) is 0 Å². The number of hydrogen-bond acceptors (Lipinski definition) is 2. The van der Waals surface area contributed by atoms with Crippen LogP contribution in [-0.4, -0.2) is 30.3 Å². The number of benzene rings is 1. The fourth-order valence-corrected chi connectivity index (χ4v) is 3.50. The minimum atomic E-state index is 0.135. The van der Waals surface area contributed by atoms with Gasteiger partial charge in [0.1, 0.15) is 0 Å². The van der Waals surface area contributed by atoms with Crippen LogP contribution in [0.3, 0.4) is 0 Å². The molecule has 1 fully saturated rings. The number of carbonyl (C=O) groups excluding carboxylic acids is 1. The summed E-state index contributed by atoms with van der Waals surface area (Å²) < 4.78 is 0.901. The Bertz CT molecular complexity index is 489. The molecule has 110 valence electrons. The topological polar surface area (TPSA) is 20.3 Å². The molecular weight excluding hydrogens is 338 g/mol. The van der Waals surface area contributed by atoms with E-state index in [1.807, 2.05) is 6.07 Å². The van der Waals surface area contributed by atoms with E-state index in [-0.39, 0.29) is 5.78 Å². The van der Waals surface area contributed by atoms with Crippen LogP contribution in [0, 0.1) is 11.8 Å². The summed E-state index contributed by atoms with van der Waals surface area (Å²) in [5.41, 5.74) is 0.634. The quantitative estimate of drug-likeness (QED) is 0.714. The van der Waals surface area contributed by atoms with Crippen molar-refractivity contribution in [3.05, 3.63) is 33.3 Å². The highest BCUT2D eigenvalue weighted by atomic mass is 79.9. The molecule has 1 aliphatic heterocycles. The van der Waals surface area contributed by atoms with Crippen molar-refractivity contribution in [3.8, 4) is 0 Å². The third-order valence-electron chi connectivity index (χ3n) is 4.14. The van der Waals surface area contributed by atoms with Crippen LogP contribution in [0.2, 0.25) is 5.02 Å². The molecule has 0 aliphatic carbocycles. The van der Waals surface area contributed by atoms with Crippen molar-refractivity contribution in [2.75, 3.05) is 19.6 Å². The Hall–Kier alpha value is -0.380. The minimum absolute atomic E-state index is 0.135. The van der Waals surface area contributed by atoms with Crippen LogP contribution in [0.5, 0.6) is 0 Å². The summed E-state index contributed by atoms with van der Waals surface area (Å²) in [6.07, 6.45) is 1.80. The van der Waals surface area contributed by atoms with E-state index in [2.05, 4.69) is 34.7 Å². The van der Waals surface area contributed by atoms with E-state index in [1.54, 1.807) is 12.1 Å². The van der Waals surface area contributed by atoms with Gasteiger partial charge in [-0.15, -0.1) is 0 Å². The molecule has 1 unspecified atom stereocenters. The van der Waals surface area contributed by atoms with Crippen molar-refractivity contribution in [2.24, 2.45) is 11.8 Å². The molecule has 0 amide bonds. The molecule has 0 saturated carbocycles. The molecule has 4 heteroatoms. The third kappa shape index (κ3) is 4.06. The molecule has 0 radical (unpaired) electrons. The predicted molar refractivity (Wildman–Crippen MR) is 87.5 cm³/mol. The molecule has 0 bridgehead atoms. The summed E-state index contributed by atoms with van der Waals surface area (Å²) in [4.78, 5) is 14.6. The zero-order chi connectivity index (χ0) is 14.7. The van der Waals surface area contributed by atoms with E-state index in [1.165, 1.54) is 6.42 Å². The Balaban J connectivity index is 1.87. The number of nitrogens with zero attached hydrogens (tertiary/aromatic N) is 1. The van der Waals surface area contributed by atoms with E-state index >= 15 is 0 Å². The van der Waals surface area contributed by atoms with Crippen molar-refractivity contribution in [1.82, 2.24) is 4.90 Å². The van der Waals surface area contributed by atoms with Crippen molar-refractivity contribution in [1.29, 1.82) is 0 Å². The molecule has 1 aromatic carbocycles. The standard InChI is InChI=1S/C16H21BrClNO/c1-11(2)12-5-7-19(10-12)8-6-16(20)14-4-3-13(17)9-15(14)18/h3-4,9,11-12H,5-8,10H2,1-2H3. The SMILES string of the molecule is CC(C)C1CCN(CCC(=O)c2ccc(Br)cc2Cl)C1. The third-order valence-corrected chi connectivity index (χ3v) is 4.94. The highest BCUT2D eigenvalue weighted by Gasteiger charge is 2.25. The molecule has 1 saturated heterocycles. The second-order valence-corrected chi connectivity index (χ2v) is 7.21. The summed E-state index contributed by atoms with van der Waals surface area (Å²) >= 11 is 9.47. The lowest BCUT2D eigenvalue weighted by Gasteiger charge is -2.17. The van der Waals surface area contributed by atoms with Crippen LogP contribution >= 0.6 is 27.5 Å². The van der Waals surface area contributed by atoms with Crippen molar-refractivity contribution >= 4 is 33.3 Å². The van der Waals surface area contributed by atoms with Gasteiger partial charge in [-0.3, -0.25) is 4.79 Å². The molecular formula is C16H21BrClNO. The average molecular weight is 359 g/mol. The summed E-state index contributed by atoms with van der Waals surface area (Å²) in [6.45, 7) is 7.64. The van der Waals surface area contributed by atoms with Gasteiger partial charge in [-0.2, -0.15) is 0 Å². The highest BCUT2D eigenvalue weighted by molar-refractivity contribution is 9.10. The first-order valence-electron chi connectivity index (χ1n) is 7.18. The summed E-state index contributed by atoms with van der Waals surface area (Å²) in [7, 11) is 0. The van der Waals surface area contributed by atoms with Crippen molar-refractivity contribution in [3.63, 3.8) is 0 Å². The van der Waals surface area contributed by atoms with Crippen LogP contribution in [-0.2, 0) is 0 Å². The Kier molecular flexibility index (Phi) is 5.65. The van der Waals surface area contributed by atoms with Gasteiger partial charge in [0.2, 0.25) is 0 Å². The monoisotopic (exact) mass is 357 g/mol. The zero-order valence-corrected chi connectivity index (χ0v) is 14.4. The Morgan fingerprint density at radius 3 is 2.85 bits per heavy atom. The molecule has 1 atom stereocenters. The van der Waals surface area contributed by atoms with Gasteiger partial charge in [0.15, 0.2) is 5.78 Å². The lowest BCUT2D eigenvalue weighted by atomic mass is 9.95. The van der Waals surface area contributed by atoms with Gasteiger partial charge in [-0.05, 0) is 43.0 Å². The Morgan fingerprint density at radius 1 is 1.50 bits per heavy atom. The average Bonchev–Trinajstić information content (AvgIpc) is 2.85. The van der Waals surface area contributed by atoms with Crippen molar-refractivity contribution < 1.29 is 4.79 Å². The molecule has 0 N–H and O–H groups in total. The first-order chi connectivity index (χ1) is 9.47. The van der Waals surface area contributed by atoms with Crippen LogP contribution in [0.4, 0.5) is 0 Å².